The molecule has 2 N–H and O–H groups in total. The highest BCUT2D eigenvalue weighted by Crippen LogP contribution is 2.10. The molecular weight excluding hydrogens is 277 g/mol. The SMILES string of the molecule is O=C(NC[C@@H]1CCCO1)C(=O)N/N=C\c1ccc(F)cc1. The first kappa shape index (κ1) is 15.1. The molecule has 0 aliphatic carbocycles. The Bertz CT molecular complexity index is 525. The molecule has 1 aliphatic rings. The Morgan fingerprint density at radius 1 is 1.33 bits per heavy atom. The Morgan fingerprint density at radius 2 is 2.10 bits per heavy atom. The van der Waals surface area contributed by atoms with Gasteiger partial charge in [-0.2, -0.15) is 5.10 Å². The number of halogens is 1. The van der Waals surface area contributed by atoms with Gasteiger partial charge in [-0.1, -0.05) is 12.1 Å². The van der Waals surface area contributed by atoms with Crippen LogP contribution in [0.1, 0.15) is 18.4 Å². The molecule has 1 heterocycles. The maximum Gasteiger partial charge on any atom is 0.329 e. The summed E-state index contributed by atoms with van der Waals surface area (Å²) in [6.07, 6.45) is 3.15. The molecule has 1 fully saturated rings. The number of rotatable bonds is 4. The number of benzene rings is 1. The molecule has 1 atom stereocenters. The Labute approximate surface area is 121 Å². The highest BCUT2D eigenvalue weighted by Gasteiger charge is 2.18. The number of hydrogen-bond acceptors (Lipinski definition) is 4. The van der Waals surface area contributed by atoms with E-state index in [2.05, 4.69) is 15.8 Å². The molecule has 1 aromatic carbocycles. The van der Waals surface area contributed by atoms with Crippen LogP contribution in [0.5, 0.6) is 0 Å². The fourth-order valence-electron chi connectivity index (χ4n) is 1.86. The predicted octanol–water partition coefficient (Wildman–Crippen LogP) is 0.571. The van der Waals surface area contributed by atoms with Gasteiger partial charge < -0.3 is 10.1 Å². The minimum atomic E-state index is -0.855. The third-order valence-electron chi connectivity index (χ3n) is 2.97. The Balaban J connectivity index is 1.72. The van der Waals surface area contributed by atoms with Gasteiger partial charge in [-0.15, -0.1) is 0 Å². The van der Waals surface area contributed by atoms with Gasteiger partial charge in [0.1, 0.15) is 5.82 Å². The molecule has 0 bridgehead atoms. The Hall–Kier alpha value is -2.28. The average Bonchev–Trinajstić information content (AvgIpc) is 3.00. The Morgan fingerprint density at radius 3 is 2.76 bits per heavy atom. The van der Waals surface area contributed by atoms with E-state index in [4.69, 9.17) is 4.74 Å². The summed E-state index contributed by atoms with van der Waals surface area (Å²) >= 11 is 0. The summed E-state index contributed by atoms with van der Waals surface area (Å²) in [5.74, 6) is -1.97. The molecule has 0 radical (unpaired) electrons. The van der Waals surface area contributed by atoms with Crippen LogP contribution >= 0.6 is 0 Å². The zero-order valence-electron chi connectivity index (χ0n) is 11.3. The van der Waals surface area contributed by atoms with Crippen LogP contribution in [0.3, 0.4) is 0 Å². The largest absolute Gasteiger partial charge is 0.376 e. The molecule has 7 heteroatoms. The summed E-state index contributed by atoms with van der Waals surface area (Å²) in [5.41, 5.74) is 2.71. The zero-order chi connectivity index (χ0) is 15.1. The number of amides is 2. The third-order valence-corrected chi connectivity index (χ3v) is 2.97. The number of hydrogen-bond donors (Lipinski definition) is 2. The van der Waals surface area contributed by atoms with E-state index >= 15 is 0 Å². The van der Waals surface area contributed by atoms with Gasteiger partial charge in [-0.3, -0.25) is 9.59 Å². The maximum atomic E-state index is 12.7. The lowest BCUT2D eigenvalue weighted by Crippen LogP contribution is -2.41. The fourth-order valence-corrected chi connectivity index (χ4v) is 1.86. The second-order valence-electron chi connectivity index (χ2n) is 4.60. The van der Waals surface area contributed by atoms with E-state index in [1.54, 1.807) is 0 Å². The maximum absolute atomic E-state index is 12.7. The van der Waals surface area contributed by atoms with Gasteiger partial charge in [0, 0.05) is 13.2 Å². The third kappa shape index (κ3) is 4.96. The predicted molar refractivity (Wildman–Crippen MR) is 74.1 cm³/mol. The molecule has 0 spiro atoms. The molecule has 1 saturated heterocycles. The molecule has 2 amide bonds. The fraction of sp³-hybridized carbons (Fsp3) is 0.357. The van der Waals surface area contributed by atoms with Crippen molar-refractivity contribution in [1.29, 1.82) is 0 Å². The smallest absolute Gasteiger partial charge is 0.329 e. The summed E-state index contributed by atoms with van der Waals surface area (Å²) in [4.78, 5) is 22.9. The first-order valence-electron chi connectivity index (χ1n) is 6.63. The van der Waals surface area contributed by atoms with Gasteiger partial charge in [-0.25, -0.2) is 9.82 Å². The van der Waals surface area contributed by atoms with Crippen LogP contribution < -0.4 is 10.7 Å². The molecular formula is C14H16FN3O3. The number of nitrogens with one attached hydrogen (secondary N) is 2. The summed E-state index contributed by atoms with van der Waals surface area (Å²) in [6, 6.07) is 5.56. The average molecular weight is 293 g/mol. The Kier molecular flexibility index (Phi) is 5.39. The van der Waals surface area contributed by atoms with Crippen LogP contribution in [0.4, 0.5) is 4.39 Å². The monoisotopic (exact) mass is 293 g/mol. The lowest BCUT2D eigenvalue weighted by Gasteiger charge is -2.09. The number of carbonyl (C=O) groups is 2. The summed E-state index contributed by atoms with van der Waals surface area (Å²) in [6.45, 7) is 1.00. The zero-order valence-corrected chi connectivity index (χ0v) is 11.3. The van der Waals surface area contributed by atoms with Crippen LogP contribution in [0.25, 0.3) is 0 Å². The minimum absolute atomic E-state index is 0.0236. The van der Waals surface area contributed by atoms with Gasteiger partial charge in [0.05, 0.1) is 12.3 Å². The highest BCUT2D eigenvalue weighted by molar-refractivity contribution is 6.35. The van der Waals surface area contributed by atoms with Crippen molar-refractivity contribution in [2.45, 2.75) is 18.9 Å². The first-order valence-corrected chi connectivity index (χ1v) is 6.63. The number of hydrazone groups is 1. The van der Waals surface area contributed by atoms with E-state index in [-0.39, 0.29) is 11.9 Å². The molecule has 1 aliphatic heterocycles. The molecule has 21 heavy (non-hydrogen) atoms. The summed E-state index contributed by atoms with van der Waals surface area (Å²) in [7, 11) is 0. The molecule has 6 nitrogen and oxygen atoms in total. The molecule has 0 unspecified atom stereocenters. The van der Waals surface area contributed by atoms with Gasteiger partial charge in [0.25, 0.3) is 0 Å². The first-order chi connectivity index (χ1) is 10.1. The molecule has 2 rings (SSSR count). The molecule has 0 saturated carbocycles. The van der Waals surface area contributed by atoms with Crippen molar-refractivity contribution in [2.24, 2.45) is 5.10 Å². The number of carbonyl (C=O) groups excluding carboxylic acids is 2. The topological polar surface area (TPSA) is 79.8 Å². The van der Waals surface area contributed by atoms with Crippen molar-refractivity contribution in [3.8, 4) is 0 Å². The van der Waals surface area contributed by atoms with Gasteiger partial charge in [-0.05, 0) is 30.5 Å². The van der Waals surface area contributed by atoms with E-state index in [0.29, 0.717) is 18.7 Å². The van der Waals surface area contributed by atoms with Gasteiger partial charge in [0.2, 0.25) is 0 Å². The van der Waals surface area contributed by atoms with Gasteiger partial charge >= 0.3 is 11.8 Å². The van der Waals surface area contributed by atoms with E-state index in [1.165, 1.54) is 30.5 Å². The van der Waals surface area contributed by atoms with Gasteiger partial charge in [0.15, 0.2) is 0 Å². The van der Waals surface area contributed by atoms with Crippen molar-refractivity contribution >= 4 is 18.0 Å². The molecule has 1 aromatic rings. The lowest BCUT2D eigenvalue weighted by atomic mass is 10.2. The van der Waals surface area contributed by atoms with E-state index in [1.807, 2.05) is 0 Å². The quantitative estimate of drug-likeness (QED) is 0.484. The lowest BCUT2D eigenvalue weighted by molar-refractivity contribution is -0.139. The minimum Gasteiger partial charge on any atom is -0.376 e. The van der Waals surface area contributed by atoms with Crippen molar-refractivity contribution in [3.05, 3.63) is 35.6 Å². The van der Waals surface area contributed by atoms with Crippen molar-refractivity contribution < 1.29 is 18.7 Å². The van der Waals surface area contributed by atoms with Crippen LogP contribution in [0, 0.1) is 5.82 Å². The van der Waals surface area contributed by atoms with Crippen molar-refractivity contribution in [3.63, 3.8) is 0 Å². The highest BCUT2D eigenvalue weighted by atomic mass is 19.1. The van der Waals surface area contributed by atoms with Crippen LogP contribution in [0.15, 0.2) is 29.4 Å². The summed E-state index contributed by atoms with van der Waals surface area (Å²) in [5, 5.41) is 6.11. The normalized spacial score (nSPS) is 17.9. The van der Waals surface area contributed by atoms with E-state index < -0.39 is 11.8 Å². The molecule has 112 valence electrons. The van der Waals surface area contributed by atoms with Crippen LogP contribution in [0.2, 0.25) is 0 Å². The number of ether oxygens (including phenoxy) is 1. The van der Waals surface area contributed by atoms with Crippen LogP contribution in [-0.2, 0) is 14.3 Å². The summed E-state index contributed by atoms with van der Waals surface area (Å²) < 4.78 is 18.0. The standard InChI is InChI=1S/C14H16FN3O3/c15-11-5-3-10(4-6-11)8-17-18-14(20)13(19)16-9-12-2-1-7-21-12/h3-6,8,12H,1-2,7,9H2,(H,16,19)(H,18,20)/b17-8-/t12-/m0/s1. The van der Waals surface area contributed by atoms with Crippen LogP contribution in [-0.4, -0.2) is 37.3 Å². The second kappa shape index (κ2) is 7.49. The number of nitrogens with zero attached hydrogens (tertiary/aromatic N) is 1. The molecule has 0 aromatic heterocycles. The van der Waals surface area contributed by atoms with Crippen molar-refractivity contribution in [2.75, 3.05) is 13.2 Å². The van der Waals surface area contributed by atoms with Crippen molar-refractivity contribution in [1.82, 2.24) is 10.7 Å². The van der Waals surface area contributed by atoms with E-state index in [9.17, 15) is 14.0 Å². The second-order valence-corrected chi connectivity index (χ2v) is 4.60. The van der Waals surface area contributed by atoms with E-state index in [0.717, 1.165) is 12.8 Å².